The number of nitrogens with zero attached hydrogens (tertiary/aromatic N) is 4. The summed E-state index contributed by atoms with van der Waals surface area (Å²) in [5.41, 5.74) is 6.51. The van der Waals surface area contributed by atoms with Crippen LogP contribution in [0.15, 0.2) is 110 Å². The lowest BCUT2D eigenvalue weighted by molar-refractivity contribution is -0.384. The van der Waals surface area contributed by atoms with Crippen LogP contribution in [0, 0.1) is 30.9 Å². The van der Waals surface area contributed by atoms with E-state index >= 15 is 0 Å². The molecule has 238 valence electrons. The summed E-state index contributed by atoms with van der Waals surface area (Å²) >= 11 is 2.84. The van der Waals surface area contributed by atoms with Crippen molar-refractivity contribution >= 4 is 40.8 Å². The van der Waals surface area contributed by atoms with Gasteiger partial charge < -0.3 is 9.30 Å². The number of hydrogen-bond acceptors (Lipinski definition) is 8. The molecule has 1 aliphatic heterocycles. The summed E-state index contributed by atoms with van der Waals surface area (Å²) in [4.78, 5) is 44.9. The van der Waals surface area contributed by atoms with Gasteiger partial charge in [-0.05, 0) is 94.3 Å². The minimum absolute atomic E-state index is 0.0648. The average Bonchev–Trinajstić information content (AvgIpc) is 3.50. The second-order valence-corrected chi connectivity index (χ2v) is 13.4. The number of carbonyl (C=O) groups excluding carboxylic acids is 1. The Morgan fingerprint density at radius 1 is 1.00 bits per heavy atom. The number of benzene rings is 3. The van der Waals surface area contributed by atoms with Crippen LogP contribution in [0.3, 0.4) is 0 Å². The zero-order valence-electron chi connectivity index (χ0n) is 26.5. The van der Waals surface area contributed by atoms with E-state index in [4.69, 9.17) is 9.73 Å². The molecule has 2 aromatic heterocycles. The summed E-state index contributed by atoms with van der Waals surface area (Å²) in [5.74, 6) is -0.477. The highest BCUT2D eigenvalue weighted by Gasteiger charge is 2.33. The molecule has 0 saturated carbocycles. The summed E-state index contributed by atoms with van der Waals surface area (Å²) in [6, 6.07) is 23.8. The second-order valence-electron chi connectivity index (χ2n) is 11.2. The molecule has 0 bridgehead atoms. The van der Waals surface area contributed by atoms with E-state index < -0.39 is 16.9 Å². The quantitative estimate of drug-likeness (QED) is 0.105. The van der Waals surface area contributed by atoms with Crippen molar-refractivity contribution in [1.29, 1.82) is 0 Å². The highest BCUT2D eigenvalue weighted by molar-refractivity contribution is 7.99. The van der Waals surface area contributed by atoms with E-state index in [1.54, 1.807) is 30.5 Å². The van der Waals surface area contributed by atoms with Gasteiger partial charge in [-0.3, -0.25) is 19.5 Å². The van der Waals surface area contributed by atoms with Crippen molar-refractivity contribution in [2.75, 3.05) is 6.61 Å². The predicted molar refractivity (Wildman–Crippen MR) is 184 cm³/mol. The molecule has 0 radical (unpaired) electrons. The Morgan fingerprint density at radius 2 is 1.64 bits per heavy atom. The van der Waals surface area contributed by atoms with Gasteiger partial charge in [-0.1, -0.05) is 52.9 Å². The molecule has 0 amide bonds. The van der Waals surface area contributed by atoms with E-state index in [2.05, 4.69) is 10.6 Å². The summed E-state index contributed by atoms with van der Waals surface area (Å²) in [6.45, 7) is 9.81. The number of nitro groups is 1. The van der Waals surface area contributed by atoms with E-state index in [0.29, 0.717) is 20.6 Å². The summed E-state index contributed by atoms with van der Waals surface area (Å²) < 4.78 is 9.68. The van der Waals surface area contributed by atoms with Crippen LogP contribution in [0.25, 0.3) is 11.8 Å². The van der Waals surface area contributed by atoms with Crippen molar-refractivity contribution in [2.24, 2.45) is 4.99 Å². The largest absolute Gasteiger partial charge is 0.463 e. The highest BCUT2D eigenvalue weighted by atomic mass is 32.2. The predicted octanol–water partition coefficient (Wildman–Crippen LogP) is 6.57. The Labute approximate surface area is 279 Å². The number of fused-ring (bicyclic) bond motifs is 1. The normalized spacial score (nSPS) is 14.6. The Kier molecular flexibility index (Phi) is 8.85. The number of nitro benzene ring substituents is 1. The van der Waals surface area contributed by atoms with Crippen molar-refractivity contribution < 1.29 is 14.5 Å². The first kappa shape index (κ1) is 32.0. The molecule has 11 heteroatoms. The van der Waals surface area contributed by atoms with Crippen LogP contribution in [0.1, 0.15) is 48.0 Å². The van der Waals surface area contributed by atoms with E-state index in [0.717, 1.165) is 43.6 Å². The highest BCUT2D eigenvalue weighted by Crippen LogP contribution is 2.32. The number of ether oxygens (including phenoxy) is 1. The third-order valence-corrected chi connectivity index (χ3v) is 10.0. The first-order valence-electron chi connectivity index (χ1n) is 15.0. The fourth-order valence-corrected chi connectivity index (χ4v) is 7.62. The van der Waals surface area contributed by atoms with Crippen molar-refractivity contribution in [2.45, 2.75) is 50.5 Å². The fourth-order valence-electron chi connectivity index (χ4n) is 5.76. The van der Waals surface area contributed by atoms with Gasteiger partial charge >= 0.3 is 5.97 Å². The monoisotopic (exact) mass is 664 g/mol. The lowest BCUT2D eigenvalue weighted by Gasteiger charge is -2.24. The Hall–Kier alpha value is -5.00. The van der Waals surface area contributed by atoms with Gasteiger partial charge in [-0.25, -0.2) is 9.79 Å². The van der Waals surface area contributed by atoms with Crippen LogP contribution < -0.4 is 14.9 Å². The molecule has 3 heterocycles. The molecule has 0 saturated heterocycles. The van der Waals surface area contributed by atoms with Crippen molar-refractivity contribution in [3.05, 3.63) is 148 Å². The summed E-state index contributed by atoms with van der Waals surface area (Å²) in [5, 5.41) is 11.0. The molecule has 0 fully saturated rings. The molecule has 1 aliphatic rings. The molecule has 1 atom stereocenters. The van der Waals surface area contributed by atoms with Gasteiger partial charge in [0.25, 0.3) is 11.2 Å². The molecule has 47 heavy (non-hydrogen) atoms. The maximum absolute atomic E-state index is 14.1. The molecule has 0 unspecified atom stereocenters. The number of allylic oxidation sites excluding steroid dienone is 1. The first-order valence-corrected chi connectivity index (χ1v) is 16.7. The van der Waals surface area contributed by atoms with Gasteiger partial charge in [0, 0.05) is 39.0 Å². The van der Waals surface area contributed by atoms with E-state index in [-0.39, 0.29) is 17.9 Å². The van der Waals surface area contributed by atoms with Crippen molar-refractivity contribution in [3.8, 4) is 5.69 Å². The summed E-state index contributed by atoms with van der Waals surface area (Å²) in [7, 11) is 0. The molecule has 0 N–H and O–H groups in total. The van der Waals surface area contributed by atoms with Crippen LogP contribution in [0.2, 0.25) is 0 Å². The Morgan fingerprint density at radius 3 is 2.26 bits per heavy atom. The number of rotatable bonds is 8. The molecule has 9 nitrogen and oxygen atoms in total. The van der Waals surface area contributed by atoms with Gasteiger partial charge in [0.1, 0.15) is 0 Å². The Balaban J connectivity index is 1.35. The third-order valence-electron chi connectivity index (χ3n) is 8.05. The molecule has 0 spiro atoms. The van der Waals surface area contributed by atoms with E-state index in [1.165, 1.54) is 35.2 Å². The molecular weight excluding hydrogens is 633 g/mol. The fraction of sp³-hybridized carbons (Fsp3) is 0.194. The molecule has 5 aromatic rings. The van der Waals surface area contributed by atoms with Gasteiger partial charge in [-0.2, -0.15) is 0 Å². The van der Waals surface area contributed by atoms with Gasteiger partial charge in [-0.15, -0.1) is 0 Å². The number of esters is 1. The number of aromatic nitrogens is 2. The first-order chi connectivity index (χ1) is 22.5. The maximum atomic E-state index is 14.1. The van der Waals surface area contributed by atoms with Gasteiger partial charge in [0.2, 0.25) is 0 Å². The minimum Gasteiger partial charge on any atom is -0.463 e. The van der Waals surface area contributed by atoms with Crippen LogP contribution in [0.5, 0.6) is 0 Å². The minimum atomic E-state index is -0.650. The topological polar surface area (TPSA) is 109 Å². The van der Waals surface area contributed by atoms with Crippen LogP contribution in [-0.4, -0.2) is 26.6 Å². The lowest BCUT2D eigenvalue weighted by Crippen LogP contribution is -2.39. The maximum Gasteiger partial charge on any atom is 0.338 e. The Bertz CT molecular complexity index is 2230. The molecule has 6 rings (SSSR count). The van der Waals surface area contributed by atoms with Crippen LogP contribution >= 0.6 is 23.1 Å². The molecule has 0 aliphatic carbocycles. The standard InChI is InChI=1S/C36H32N4O5S2/c1-6-45-35(42)32-23(4)37-36-39(33(32)25-9-7-21(2)8-10-25)34(41)31(47-36)20-26-19-22(3)38(24(26)5)27-11-15-29(16-12-27)46-30-17-13-28(14-18-30)40(43)44/h7-20,33H,6H2,1-5H3/b31-20+/t33-/m1/s1. The van der Waals surface area contributed by atoms with Crippen LogP contribution in [-0.2, 0) is 9.53 Å². The van der Waals surface area contributed by atoms with Gasteiger partial charge in [0.05, 0.1) is 33.4 Å². The van der Waals surface area contributed by atoms with E-state index in [1.807, 2.05) is 75.4 Å². The van der Waals surface area contributed by atoms with Crippen molar-refractivity contribution in [3.63, 3.8) is 0 Å². The molecular formula is C36H32N4O5S2. The smallest absolute Gasteiger partial charge is 0.338 e. The number of non-ortho nitro benzene ring substituents is 1. The SMILES string of the molecule is CCOC(=O)C1=C(C)N=c2s/c(=C/c3cc(C)n(-c4ccc(Sc5ccc([N+](=O)[O-])cc5)cc4)c3C)c(=O)n2[C@@H]1c1ccc(C)cc1. The molecule has 3 aromatic carbocycles. The van der Waals surface area contributed by atoms with Crippen LogP contribution in [0.4, 0.5) is 5.69 Å². The zero-order chi connectivity index (χ0) is 33.4. The number of carbonyl (C=O) groups is 1. The number of aryl methyl sites for hydroxylation is 2. The van der Waals surface area contributed by atoms with Gasteiger partial charge in [0.15, 0.2) is 4.80 Å². The van der Waals surface area contributed by atoms with Crippen molar-refractivity contribution in [1.82, 2.24) is 9.13 Å². The number of thiazole rings is 1. The second kappa shape index (κ2) is 13.0. The average molecular weight is 665 g/mol. The summed E-state index contributed by atoms with van der Waals surface area (Å²) in [6.07, 6.45) is 1.90. The third kappa shape index (κ3) is 6.24. The number of hydrogen-bond donors (Lipinski definition) is 0. The lowest BCUT2D eigenvalue weighted by atomic mass is 9.95. The van der Waals surface area contributed by atoms with E-state index in [9.17, 15) is 19.7 Å². The zero-order valence-corrected chi connectivity index (χ0v) is 28.1.